The summed E-state index contributed by atoms with van der Waals surface area (Å²) in [5.74, 6) is -0.681. The molecule has 1 aromatic heterocycles. The van der Waals surface area contributed by atoms with Crippen molar-refractivity contribution in [1.82, 2.24) is 5.32 Å². The van der Waals surface area contributed by atoms with Crippen molar-refractivity contribution >= 4 is 23.3 Å². The van der Waals surface area contributed by atoms with E-state index >= 15 is 0 Å². The van der Waals surface area contributed by atoms with Crippen LogP contribution in [0.3, 0.4) is 0 Å². The largest absolute Gasteiger partial charge is 0.469 e. The molecule has 0 saturated carbocycles. The zero-order valence-corrected chi connectivity index (χ0v) is 11.5. The molecule has 1 aromatic rings. The quantitative estimate of drug-likeness (QED) is 0.794. The van der Waals surface area contributed by atoms with Crippen LogP contribution in [0, 0.1) is 0 Å². The molecule has 100 valence electrons. The molecule has 18 heavy (non-hydrogen) atoms. The van der Waals surface area contributed by atoms with Gasteiger partial charge in [0.15, 0.2) is 0 Å². The normalized spacial score (nSPS) is 13.7. The zero-order valence-electron chi connectivity index (χ0n) is 10.6. The number of carbonyl (C=O) groups is 2. The topological polar surface area (TPSA) is 64.6 Å². The van der Waals surface area contributed by atoms with E-state index in [-0.39, 0.29) is 24.4 Å². The van der Waals surface area contributed by atoms with Crippen LogP contribution in [0.4, 0.5) is 0 Å². The molecule has 6 heteroatoms. The van der Waals surface area contributed by atoms with Gasteiger partial charge in [0.25, 0.3) is 0 Å². The maximum absolute atomic E-state index is 11.4. The third kappa shape index (κ3) is 4.12. The van der Waals surface area contributed by atoms with Crippen molar-refractivity contribution in [1.29, 1.82) is 0 Å². The molecule has 0 radical (unpaired) electrons. The first-order valence-electron chi connectivity index (χ1n) is 5.52. The van der Waals surface area contributed by atoms with Gasteiger partial charge in [-0.25, -0.2) is 0 Å². The molecule has 1 rings (SSSR count). The summed E-state index contributed by atoms with van der Waals surface area (Å²) in [4.78, 5) is 23.7. The summed E-state index contributed by atoms with van der Waals surface area (Å²) in [7, 11) is 2.68. The number of hydrogen-bond acceptors (Lipinski definition) is 6. The molecule has 1 N–H and O–H groups in total. The number of hydrogen-bond donors (Lipinski definition) is 1. The van der Waals surface area contributed by atoms with E-state index in [0.29, 0.717) is 0 Å². The number of carbonyl (C=O) groups excluding carboxylic acids is 2. The van der Waals surface area contributed by atoms with Gasteiger partial charge in [0.1, 0.15) is 6.04 Å². The van der Waals surface area contributed by atoms with Crippen LogP contribution >= 0.6 is 11.3 Å². The van der Waals surface area contributed by atoms with Crippen LogP contribution in [0.25, 0.3) is 0 Å². The summed E-state index contributed by atoms with van der Waals surface area (Å²) in [6, 6.07) is 3.09. The van der Waals surface area contributed by atoms with Crippen molar-refractivity contribution in [2.24, 2.45) is 0 Å². The average molecular weight is 271 g/mol. The van der Waals surface area contributed by atoms with Crippen LogP contribution in [0.5, 0.6) is 0 Å². The Labute approximate surface area is 110 Å². The Hall–Kier alpha value is -1.40. The molecule has 0 aliphatic heterocycles. The predicted molar refractivity (Wildman–Crippen MR) is 68.3 cm³/mol. The van der Waals surface area contributed by atoms with Gasteiger partial charge in [-0.2, -0.15) is 0 Å². The zero-order chi connectivity index (χ0) is 13.5. The number of rotatable bonds is 6. The second kappa shape index (κ2) is 7.13. The molecule has 0 fully saturated rings. The van der Waals surface area contributed by atoms with E-state index in [1.165, 1.54) is 25.6 Å². The SMILES string of the molecule is COC(=O)CC(NC(C)C(=O)OC)c1cccs1. The molecule has 0 saturated heterocycles. The Balaban J connectivity index is 2.72. The summed E-state index contributed by atoms with van der Waals surface area (Å²) >= 11 is 1.52. The van der Waals surface area contributed by atoms with Crippen molar-refractivity contribution < 1.29 is 19.1 Å². The lowest BCUT2D eigenvalue weighted by Crippen LogP contribution is -2.38. The third-order valence-electron chi connectivity index (χ3n) is 2.49. The van der Waals surface area contributed by atoms with Crippen molar-refractivity contribution in [3.63, 3.8) is 0 Å². The maximum Gasteiger partial charge on any atom is 0.322 e. The lowest BCUT2D eigenvalue weighted by molar-refractivity contribution is -0.144. The second-order valence-corrected chi connectivity index (χ2v) is 4.74. The molecular weight excluding hydrogens is 254 g/mol. The summed E-state index contributed by atoms with van der Waals surface area (Å²) in [5.41, 5.74) is 0. The van der Waals surface area contributed by atoms with E-state index in [1.807, 2.05) is 17.5 Å². The number of esters is 2. The number of ether oxygens (including phenoxy) is 2. The lowest BCUT2D eigenvalue weighted by atomic mass is 10.1. The lowest BCUT2D eigenvalue weighted by Gasteiger charge is -2.20. The summed E-state index contributed by atoms with van der Waals surface area (Å²) < 4.78 is 9.30. The van der Waals surface area contributed by atoms with Gasteiger partial charge in [-0.1, -0.05) is 6.07 Å². The fourth-order valence-corrected chi connectivity index (χ4v) is 2.31. The minimum Gasteiger partial charge on any atom is -0.469 e. The van der Waals surface area contributed by atoms with Crippen molar-refractivity contribution in [3.05, 3.63) is 22.4 Å². The van der Waals surface area contributed by atoms with E-state index in [4.69, 9.17) is 0 Å². The van der Waals surface area contributed by atoms with Gasteiger partial charge in [0, 0.05) is 4.88 Å². The van der Waals surface area contributed by atoms with Crippen LogP contribution in [-0.4, -0.2) is 32.2 Å². The molecule has 0 bridgehead atoms. The van der Waals surface area contributed by atoms with Gasteiger partial charge >= 0.3 is 11.9 Å². The second-order valence-electron chi connectivity index (χ2n) is 3.76. The summed E-state index contributed by atoms with van der Waals surface area (Å²) in [5, 5.41) is 4.99. The Bertz CT molecular complexity index is 391. The molecule has 0 amide bonds. The highest BCUT2D eigenvalue weighted by atomic mass is 32.1. The minimum atomic E-state index is -0.480. The summed E-state index contributed by atoms with van der Waals surface area (Å²) in [6.45, 7) is 1.70. The standard InChI is InChI=1S/C12H17NO4S/c1-8(12(15)17-3)13-9(7-11(14)16-2)10-5-4-6-18-10/h4-6,8-9,13H,7H2,1-3H3. The highest BCUT2D eigenvalue weighted by molar-refractivity contribution is 7.10. The highest BCUT2D eigenvalue weighted by Crippen LogP contribution is 2.23. The molecule has 0 spiro atoms. The molecular formula is C12H17NO4S. The minimum absolute atomic E-state index is 0.179. The molecule has 2 unspecified atom stereocenters. The molecule has 2 atom stereocenters. The Morgan fingerprint density at radius 2 is 2.11 bits per heavy atom. The molecule has 1 heterocycles. The fourth-order valence-electron chi connectivity index (χ4n) is 1.53. The van der Waals surface area contributed by atoms with Crippen molar-refractivity contribution in [2.45, 2.75) is 25.4 Å². The number of nitrogens with one attached hydrogen (secondary N) is 1. The first kappa shape index (κ1) is 14.7. The number of methoxy groups -OCH3 is 2. The van der Waals surface area contributed by atoms with E-state index in [9.17, 15) is 9.59 Å². The summed E-state index contributed by atoms with van der Waals surface area (Å²) in [6.07, 6.45) is 0.179. The van der Waals surface area contributed by atoms with E-state index in [0.717, 1.165) is 4.88 Å². The Morgan fingerprint density at radius 1 is 1.39 bits per heavy atom. The van der Waals surface area contributed by atoms with Crippen molar-refractivity contribution in [3.8, 4) is 0 Å². The molecule has 0 aliphatic rings. The van der Waals surface area contributed by atoms with Gasteiger partial charge in [0.05, 0.1) is 26.7 Å². The van der Waals surface area contributed by atoms with Gasteiger partial charge in [-0.3, -0.25) is 14.9 Å². The number of thiophene rings is 1. The molecule has 5 nitrogen and oxygen atoms in total. The van der Waals surface area contributed by atoms with Crippen LogP contribution in [0.15, 0.2) is 17.5 Å². The van der Waals surface area contributed by atoms with Gasteiger partial charge in [-0.15, -0.1) is 11.3 Å². The Morgan fingerprint density at radius 3 is 2.61 bits per heavy atom. The van der Waals surface area contributed by atoms with Crippen LogP contribution in [0.1, 0.15) is 24.3 Å². The molecule has 0 aliphatic carbocycles. The van der Waals surface area contributed by atoms with Gasteiger partial charge in [0.2, 0.25) is 0 Å². The average Bonchev–Trinajstić information content (AvgIpc) is 2.90. The van der Waals surface area contributed by atoms with Crippen LogP contribution in [-0.2, 0) is 19.1 Å². The Kier molecular flexibility index (Phi) is 5.80. The first-order chi connectivity index (χ1) is 8.58. The third-order valence-corrected chi connectivity index (χ3v) is 3.48. The smallest absolute Gasteiger partial charge is 0.322 e. The van der Waals surface area contributed by atoms with E-state index in [1.54, 1.807) is 6.92 Å². The van der Waals surface area contributed by atoms with Crippen molar-refractivity contribution in [2.75, 3.05) is 14.2 Å². The fraction of sp³-hybridized carbons (Fsp3) is 0.500. The van der Waals surface area contributed by atoms with E-state index < -0.39 is 6.04 Å². The molecule has 0 aromatic carbocycles. The highest BCUT2D eigenvalue weighted by Gasteiger charge is 2.22. The van der Waals surface area contributed by atoms with E-state index in [2.05, 4.69) is 14.8 Å². The van der Waals surface area contributed by atoms with Crippen LogP contribution in [0.2, 0.25) is 0 Å². The monoisotopic (exact) mass is 271 g/mol. The predicted octanol–water partition coefficient (Wildman–Crippen LogP) is 1.50. The van der Waals surface area contributed by atoms with Crippen LogP contribution < -0.4 is 5.32 Å². The van der Waals surface area contributed by atoms with Gasteiger partial charge < -0.3 is 9.47 Å². The maximum atomic E-state index is 11.4. The first-order valence-corrected chi connectivity index (χ1v) is 6.40. The van der Waals surface area contributed by atoms with Gasteiger partial charge in [-0.05, 0) is 18.4 Å².